The van der Waals surface area contributed by atoms with Crippen molar-refractivity contribution in [1.82, 2.24) is 0 Å². The predicted molar refractivity (Wildman–Crippen MR) is 249 cm³/mol. The minimum atomic E-state index is -0.730. The SMILES string of the molecule is C=CC(=O)OCCCCOCC(COc1ccc(C(=O)Oc2ccc(CCN=C(N)c3ccc(CCC)cc3)cc2/C=N/N=C2c3ccccc3-c3ccccc32)cc1)OC(=O)C=C. The fourth-order valence-electron chi connectivity index (χ4n) is 6.84. The highest BCUT2D eigenvalue weighted by Gasteiger charge is 2.24. The quantitative estimate of drug-likeness (QED) is 0.0127. The molecule has 0 saturated carbocycles. The molecule has 1 aliphatic rings. The number of unbranched alkanes of at least 4 members (excludes halogenated alkanes) is 1. The van der Waals surface area contributed by atoms with Crippen LogP contribution in [-0.2, 0) is 36.6 Å². The van der Waals surface area contributed by atoms with E-state index in [0.717, 1.165) is 64.1 Å². The normalized spacial score (nSPS) is 12.2. The first kappa shape index (κ1) is 46.1. The number of benzene rings is 5. The second kappa shape index (κ2) is 23.7. The van der Waals surface area contributed by atoms with Gasteiger partial charge in [0.2, 0.25) is 0 Å². The Bertz CT molecular complexity index is 2460. The van der Waals surface area contributed by atoms with Gasteiger partial charge in [0.15, 0.2) is 6.10 Å². The third-order valence-electron chi connectivity index (χ3n) is 10.1. The van der Waals surface area contributed by atoms with Gasteiger partial charge in [-0.2, -0.15) is 5.10 Å². The van der Waals surface area contributed by atoms with Gasteiger partial charge in [0.1, 0.15) is 29.7 Å². The molecule has 12 nitrogen and oxygen atoms in total. The summed E-state index contributed by atoms with van der Waals surface area (Å²) < 4.78 is 27.9. The molecule has 1 atom stereocenters. The lowest BCUT2D eigenvalue weighted by Crippen LogP contribution is -2.29. The highest BCUT2D eigenvalue weighted by Crippen LogP contribution is 2.36. The summed E-state index contributed by atoms with van der Waals surface area (Å²) in [4.78, 5) is 41.4. The number of hydrogen-bond donors (Lipinski definition) is 1. The zero-order valence-electron chi connectivity index (χ0n) is 35.9. The standard InChI is InChI=1S/C52H52N4O8/c1-4-13-36-18-21-38(22-19-36)51(53)54-29-28-37-20-27-47(40(32-37)33-55-56-50-45-16-9-7-14-43(45)44-15-8-10-17-46(44)50)64-52(59)39-23-25-41(26-24-39)62-35-42(63-49(58)6-3)34-60-30-11-12-31-61-48(57)5-2/h5-10,14-27,32-33,42H,2-4,11-13,28-31,34-35H2,1H3,(H2,53,54)/b55-33+. The summed E-state index contributed by atoms with van der Waals surface area (Å²) >= 11 is 0. The maximum Gasteiger partial charge on any atom is 0.343 e. The van der Waals surface area contributed by atoms with Gasteiger partial charge >= 0.3 is 17.9 Å². The Labute approximate surface area is 373 Å². The van der Waals surface area contributed by atoms with E-state index >= 15 is 0 Å². The lowest BCUT2D eigenvalue weighted by Gasteiger charge is -2.18. The molecule has 6 rings (SSSR count). The number of rotatable bonds is 23. The Hall–Kier alpha value is -7.44. The number of aryl methyl sites for hydroxylation is 1. The second-order valence-electron chi connectivity index (χ2n) is 14.8. The molecule has 12 heteroatoms. The van der Waals surface area contributed by atoms with Crippen molar-refractivity contribution in [3.8, 4) is 22.6 Å². The molecule has 0 fully saturated rings. The number of nitrogens with two attached hydrogens (primary N) is 1. The van der Waals surface area contributed by atoms with E-state index in [-0.39, 0.29) is 25.4 Å². The molecule has 328 valence electrons. The maximum absolute atomic E-state index is 13.6. The summed E-state index contributed by atoms with van der Waals surface area (Å²) in [6.07, 6.45) is 6.93. The predicted octanol–water partition coefficient (Wildman–Crippen LogP) is 8.66. The number of carbonyl (C=O) groups excluding carboxylic acids is 3. The van der Waals surface area contributed by atoms with Crippen molar-refractivity contribution in [3.63, 3.8) is 0 Å². The molecule has 0 radical (unpaired) electrons. The number of hydrogen-bond acceptors (Lipinski definition) is 11. The molecule has 0 bridgehead atoms. The van der Waals surface area contributed by atoms with Gasteiger partial charge in [0, 0.05) is 47.6 Å². The molecule has 1 aliphatic carbocycles. The van der Waals surface area contributed by atoms with E-state index in [1.807, 2.05) is 60.7 Å². The molecule has 5 aromatic rings. The lowest BCUT2D eigenvalue weighted by molar-refractivity contribution is -0.148. The first-order chi connectivity index (χ1) is 31.3. The van der Waals surface area contributed by atoms with Crippen molar-refractivity contribution < 1.29 is 38.1 Å². The van der Waals surface area contributed by atoms with Crippen LogP contribution >= 0.6 is 0 Å². The van der Waals surface area contributed by atoms with E-state index in [1.165, 1.54) is 5.56 Å². The molecule has 0 spiro atoms. The Balaban J connectivity index is 1.13. The fraction of sp³-hybridized carbons (Fsp3) is 0.231. The zero-order chi connectivity index (χ0) is 45.1. The first-order valence-corrected chi connectivity index (χ1v) is 21.2. The van der Waals surface area contributed by atoms with Gasteiger partial charge in [0.25, 0.3) is 0 Å². The van der Waals surface area contributed by atoms with Crippen molar-refractivity contribution in [2.75, 3.05) is 33.0 Å². The topological polar surface area (TPSA) is 160 Å². The number of aliphatic imine (C=N–C) groups is 1. The number of esters is 3. The van der Waals surface area contributed by atoms with Gasteiger partial charge in [-0.15, -0.1) is 5.10 Å². The molecule has 1 unspecified atom stereocenters. The molecular formula is C52H52N4O8. The Morgan fingerprint density at radius 3 is 2.03 bits per heavy atom. The van der Waals surface area contributed by atoms with Crippen molar-refractivity contribution in [2.24, 2.45) is 20.9 Å². The summed E-state index contributed by atoms with van der Waals surface area (Å²) in [6, 6.07) is 36.3. The summed E-state index contributed by atoms with van der Waals surface area (Å²) in [6.45, 7) is 10.1. The van der Waals surface area contributed by atoms with E-state index in [0.29, 0.717) is 55.3 Å². The highest BCUT2D eigenvalue weighted by atomic mass is 16.6. The Morgan fingerprint density at radius 2 is 1.36 bits per heavy atom. The van der Waals surface area contributed by atoms with Crippen LogP contribution in [0, 0.1) is 0 Å². The van der Waals surface area contributed by atoms with Gasteiger partial charge < -0.3 is 29.4 Å². The molecule has 64 heavy (non-hydrogen) atoms. The molecule has 2 N–H and O–H groups in total. The smallest absolute Gasteiger partial charge is 0.343 e. The summed E-state index contributed by atoms with van der Waals surface area (Å²) in [5.74, 6) is -0.486. The summed E-state index contributed by atoms with van der Waals surface area (Å²) in [7, 11) is 0. The van der Waals surface area contributed by atoms with Gasteiger partial charge in [0.05, 0.1) is 25.0 Å². The maximum atomic E-state index is 13.6. The average Bonchev–Trinajstić information content (AvgIpc) is 3.64. The number of nitrogens with zero attached hydrogens (tertiary/aromatic N) is 3. The van der Waals surface area contributed by atoms with Crippen LogP contribution in [0.3, 0.4) is 0 Å². The Kier molecular flexibility index (Phi) is 17.1. The monoisotopic (exact) mass is 860 g/mol. The molecule has 0 aliphatic heterocycles. The molecule has 5 aromatic carbocycles. The van der Waals surface area contributed by atoms with Crippen LogP contribution in [0.5, 0.6) is 11.5 Å². The van der Waals surface area contributed by atoms with Crippen LogP contribution in [-0.4, -0.2) is 74.7 Å². The number of amidine groups is 1. The van der Waals surface area contributed by atoms with Crippen molar-refractivity contribution in [3.05, 3.63) is 180 Å². The minimum Gasteiger partial charge on any atom is -0.490 e. The molecule has 0 heterocycles. The van der Waals surface area contributed by atoms with Crippen LogP contribution in [0.4, 0.5) is 0 Å². The number of carbonyl (C=O) groups is 3. The van der Waals surface area contributed by atoms with E-state index in [9.17, 15) is 14.4 Å². The van der Waals surface area contributed by atoms with E-state index in [4.69, 9.17) is 29.4 Å². The van der Waals surface area contributed by atoms with E-state index in [2.05, 4.69) is 59.5 Å². The first-order valence-electron chi connectivity index (χ1n) is 21.2. The van der Waals surface area contributed by atoms with Crippen molar-refractivity contribution in [1.29, 1.82) is 0 Å². The van der Waals surface area contributed by atoms with Crippen LogP contribution in [0.1, 0.15) is 69.9 Å². The number of fused-ring (bicyclic) bond motifs is 3. The van der Waals surface area contributed by atoms with Crippen molar-refractivity contribution >= 4 is 35.7 Å². The lowest BCUT2D eigenvalue weighted by atomic mass is 10.1. The molecule has 0 saturated heterocycles. The fourth-order valence-corrected chi connectivity index (χ4v) is 6.84. The third kappa shape index (κ3) is 13.0. The van der Waals surface area contributed by atoms with Gasteiger partial charge in [-0.1, -0.05) is 105 Å². The van der Waals surface area contributed by atoms with Gasteiger partial charge in [-0.05, 0) is 84.3 Å². The molecule has 0 amide bonds. The van der Waals surface area contributed by atoms with E-state index in [1.54, 1.807) is 36.5 Å². The second-order valence-corrected chi connectivity index (χ2v) is 14.8. The third-order valence-corrected chi connectivity index (χ3v) is 10.1. The highest BCUT2D eigenvalue weighted by molar-refractivity contribution is 6.24. The molecule has 0 aromatic heterocycles. The zero-order valence-corrected chi connectivity index (χ0v) is 35.9. The summed E-state index contributed by atoms with van der Waals surface area (Å²) in [5.41, 5.74) is 15.2. The van der Waals surface area contributed by atoms with E-state index < -0.39 is 24.0 Å². The van der Waals surface area contributed by atoms with Crippen LogP contribution in [0.25, 0.3) is 11.1 Å². The Morgan fingerprint density at radius 1 is 0.719 bits per heavy atom. The van der Waals surface area contributed by atoms with Gasteiger partial charge in [-0.3, -0.25) is 4.99 Å². The minimum absolute atomic E-state index is 0.0131. The number of ether oxygens (including phenoxy) is 5. The molecular weight excluding hydrogens is 809 g/mol. The van der Waals surface area contributed by atoms with Crippen LogP contribution in [0.2, 0.25) is 0 Å². The van der Waals surface area contributed by atoms with Gasteiger partial charge in [-0.25, -0.2) is 14.4 Å². The van der Waals surface area contributed by atoms with Crippen molar-refractivity contribution in [2.45, 2.75) is 45.1 Å². The average molecular weight is 861 g/mol. The van der Waals surface area contributed by atoms with Crippen LogP contribution in [0.15, 0.2) is 156 Å². The van der Waals surface area contributed by atoms with Crippen LogP contribution < -0.4 is 15.2 Å². The summed E-state index contributed by atoms with van der Waals surface area (Å²) in [5, 5.41) is 9.21. The largest absolute Gasteiger partial charge is 0.490 e.